The Morgan fingerprint density at radius 3 is 2.38 bits per heavy atom. The van der Waals surface area contributed by atoms with E-state index in [2.05, 4.69) is 96.1 Å². The first kappa shape index (κ1) is 18.4. The Labute approximate surface area is 173 Å². The average molecular weight is 380 g/mol. The maximum Gasteiger partial charge on any atom is 0.0756 e. The van der Waals surface area contributed by atoms with Gasteiger partial charge in [-0.05, 0) is 63.9 Å². The summed E-state index contributed by atoms with van der Waals surface area (Å²) < 4.78 is 0. The van der Waals surface area contributed by atoms with Gasteiger partial charge >= 0.3 is 0 Å². The normalized spacial score (nSPS) is 15.0. The van der Waals surface area contributed by atoms with Gasteiger partial charge in [0.25, 0.3) is 0 Å². The molecule has 1 aliphatic carbocycles. The quantitative estimate of drug-likeness (QED) is 0.332. The third-order valence-corrected chi connectivity index (χ3v) is 6.53. The topological polar surface area (TPSA) is 12.9 Å². The predicted molar refractivity (Wildman–Crippen MR) is 125 cm³/mol. The Morgan fingerprint density at radius 1 is 0.862 bits per heavy atom. The number of fused-ring (bicyclic) bond motifs is 3. The van der Waals surface area contributed by atoms with Crippen molar-refractivity contribution in [2.24, 2.45) is 5.41 Å². The molecular weight excluding hydrogens is 350 g/mol. The van der Waals surface area contributed by atoms with Crippen molar-refractivity contribution < 1.29 is 0 Å². The lowest BCUT2D eigenvalue weighted by Gasteiger charge is -2.35. The second kappa shape index (κ2) is 5.92. The molecule has 0 unspecified atom stereocenters. The van der Waals surface area contributed by atoms with Crippen LogP contribution in [0.25, 0.3) is 32.9 Å². The number of pyridine rings is 1. The molecule has 0 saturated heterocycles. The van der Waals surface area contributed by atoms with Crippen molar-refractivity contribution in [3.8, 4) is 11.3 Å². The molecule has 0 N–H and O–H groups in total. The van der Waals surface area contributed by atoms with Gasteiger partial charge in [-0.1, -0.05) is 77.1 Å². The summed E-state index contributed by atoms with van der Waals surface area (Å²) in [6, 6.07) is 20.3. The minimum absolute atomic E-state index is 0.0777. The second-order valence-electron chi connectivity index (χ2n) is 10.4. The molecule has 0 amide bonds. The van der Waals surface area contributed by atoms with Crippen LogP contribution >= 0.6 is 0 Å². The first-order chi connectivity index (χ1) is 13.7. The largest absolute Gasteiger partial charge is 0.247 e. The number of hydrogen-bond donors (Lipinski definition) is 0. The zero-order valence-electron chi connectivity index (χ0n) is 18.4. The van der Waals surface area contributed by atoms with Crippen molar-refractivity contribution in [3.63, 3.8) is 0 Å². The molecule has 0 spiro atoms. The summed E-state index contributed by atoms with van der Waals surface area (Å²) in [4.78, 5) is 5.26. The summed E-state index contributed by atoms with van der Waals surface area (Å²) in [7, 11) is 0. The fourth-order valence-corrected chi connectivity index (χ4v) is 5.08. The highest BCUT2D eigenvalue weighted by Gasteiger charge is 2.35. The molecule has 0 fully saturated rings. The van der Waals surface area contributed by atoms with Crippen LogP contribution < -0.4 is 0 Å². The van der Waals surface area contributed by atoms with Gasteiger partial charge in [-0.3, -0.25) is 0 Å². The van der Waals surface area contributed by atoms with Crippen molar-refractivity contribution in [1.29, 1.82) is 0 Å². The summed E-state index contributed by atoms with van der Waals surface area (Å²) >= 11 is 0. The molecular formula is C28H29N. The highest BCUT2D eigenvalue weighted by atomic mass is 14.7. The molecule has 1 heterocycles. The Bertz CT molecular complexity index is 1290. The Balaban J connectivity index is 1.88. The van der Waals surface area contributed by atoms with Gasteiger partial charge in [-0.2, -0.15) is 0 Å². The van der Waals surface area contributed by atoms with Gasteiger partial charge in [0, 0.05) is 16.4 Å². The highest BCUT2D eigenvalue weighted by Crippen LogP contribution is 2.49. The van der Waals surface area contributed by atoms with Crippen molar-refractivity contribution >= 4 is 21.7 Å². The molecule has 1 nitrogen and oxygen atoms in total. The molecule has 0 saturated carbocycles. The standard InChI is InChI=1S/C28H29N/c1-17-13-14-20-25-19(17)10-8-11-22(25)28(5,6)23-15-21-18(16-27(2,3)4)9-7-12-24(21)29-26(20)23/h7-15H,16H2,1-6H3. The number of benzene rings is 3. The lowest BCUT2D eigenvalue weighted by molar-refractivity contribution is 0.412. The molecule has 0 aliphatic heterocycles. The van der Waals surface area contributed by atoms with Crippen LogP contribution in [0.1, 0.15) is 56.9 Å². The second-order valence-corrected chi connectivity index (χ2v) is 10.4. The summed E-state index contributed by atoms with van der Waals surface area (Å²) in [6.07, 6.45) is 1.05. The summed E-state index contributed by atoms with van der Waals surface area (Å²) in [6.45, 7) is 13.8. The number of nitrogens with zero attached hydrogens (tertiary/aromatic N) is 1. The first-order valence-electron chi connectivity index (χ1n) is 10.6. The van der Waals surface area contributed by atoms with E-state index in [9.17, 15) is 0 Å². The van der Waals surface area contributed by atoms with E-state index in [1.807, 2.05) is 0 Å². The van der Waals surface area contributed by atoms with E-state index in [1.165, 1.54) is 44.0 Å². The fraction of sp³-hybridized carbons (Fsp3) is 0.321. The number of aromatic nitrogens is 1. The van der Waals surface area contributed by atoms with Crippen LogP contribution in [0.2, 0.25) is 0 Å². The highest BCUT2D eigenvalue weighted by molar-refractivity contribution is 6.05. The van der Waals surface area contributed by atoms with E-state index in [-0.39, 0.29) is 10.8 Å². The molecule has 3 aromatic carbocycles. The van der Waals surface area contributed by atoms with E-state index in [4.69, 9.17) is 4.98 Å². The molecule has 29 heavy (non-hydrogen) atoms. The molecule has 5 rings (SSSR count). The fourth-order valence-electron chi connectivity index (χ4n) is 5.08. The molecule has 0 atom stereocenters. The summed E-state index contributed by atoms with van der Waals surface area (Å²) in [5.41, 5.74) is 9.19. The lowest BCUT2D eigenvalue weighted by atomic mass is 9.69. The Hall–Kier alpha value is -2.67. The lowest BCUT2D eigenvalue weighted by Crippen LogP contribution is -2.24. The third kappa shape index (κ3) is 2.71. The predicted octanol–water partition coefficient (Wildman–Crippen LogP) is 7.59. The van der Waals surface area contributed by atoms with Crippen molar-refractivity contribution in [3.05, 3.63) is 76.9 Å². The maximum atomic E-state index is 5.26. The molecule has 4 aromatic rings. The van der Waals surface area contributed by atoms with Gasteiger partial charge in [0.1, 0.15) is 0 Å². The van der Waals surface area contributed by atoms with Gasteiger partial charge in [-0.25, -0.2) is 4.98 Å². The molecule has 146 valence electrons. The van der Waals surface area contributed by atoms with Gasteiger partial charge in [0.2, 0.25) is 0 Å². The third-order valence-electron chi connectivity index (χ3n) is 6.53. The van der Waals surface area contributed by atoms with Crippen molar-refractivity contribution in [1.82, 2.24) is 4.98 Å². The molecule has 0 bridgehead atoms. The van der Waals surface area contributed by atoms with E-state index in [1.54, 1.807) is 0 Å². The molecule has 0 radical (unpaired) electrons. The van der Waals surface area contributed by atoms with Crippen molar-refractivity contribution in [2.75, 3.05) is 0 Å². The molecule has 1 heteroatoms. The average Bonchev–Trinajstić information content (AvgIpc) is 2.65. The van der Waals surface area contributed by atoms with Gasteiger partial charge in [0.15, 0.2) is 0 Å². The smallest absolute Gasteiger partial charge is 0.0756 e. The van der Waals surface area contributed by atoms with Crippen molar-refractivity contribution in [2.45, 2.75) is 53.4 Å². The van der Waals surface area contributed by atoms with E-state index in [0.717, 1.165) is 17.6 Å². The zero-order chi connectivity index (χ0) is 20.6. The van der Waals surface area contributed by atoms with Crippen LogP contribution in [-0.2, 0) is 11.8 Å². The van der Waals surface area contributed by atoms with Gasteiger partial charge in [-0.15, -0.1) is 0 Å². The minimum atomic E-state index is -0.0777. The SMILES string of the molecule is Cc1ccc2c3c(cccc13)C(C)(C)c1cc3c(CC(C)(C)C)cccc3nc1-2. The van der Waals surface area contributed by atoms with Crippen LogP contribution in [0, 0.1) is 12.3 Å². The maximum absolute atomic E-state index is 5.26. The Kier molecular flexibility index (Phi) is 3.75. The summed E-state index contributed by atoms with van der Waals surface area (Å²) in [5, 5.41) is 4.03. The van der Waals surface area contributed by atoms with E-state index in [0.29, 0.717) is 0 Å². The molecule has 1 aromatic heterocycles. The summed E-state index contributed by atoms with van der Waals surface area (Å²) in [5.74, 6) is 0. The van der Waals surface area contributed by atoms with Crippen LogP contribution in [0.5, 0.6) is 0 Å². The minimum Gasteiger partial charge on any atom is -0.247 e. The number of aryl methyl sites for hydroxylation is 1. The van der Waals surface area contributed by atoms with Crippen LogP contribution in [0.3, 0.4) is 0 Å². The first-order valence-corrected chi connectivity index (χ1v) is 10.6. The van der Waals surface area contributed by atoms with Crippen LogP contribution in [-0.4, -0.2) is 4.98 Å². The zero-order valence-corrected chi connectivity index (χ0v) is 18.4. The van der Waals surface area contributed by atoms with Gasteiger partial charge in [0.05, 0.1) is 11.2 Å². The molecule has 1 aliphatic rings. The van der Waals surface area contributed by atoms with E-state index >= 15 is 0 Å². The number of rotatable bonds is 1. The van der Waals surface area contributed by atoms with Gasteiger partial charge < -0.3 is 0 Å². The number of hydrogen-bond acceptors (Lipinski definition) is 1. The van der Waals surface area contributed by atoms with E-state index < -0.39 is 0 Å². The van der Waals surface area contributed by atoms with Crippen LogP contribution in [0.4, 0.5) is 0 Å². The van der Waals surface area contributed by atoms with Crippen LogP contribution in [0.15, 0.2) is 54.6 Å². The Morgan fingerprint density at radius 2 is 1.62 bits per heavy atom. The monoisotopic (exact) mass is 379 g/mol.